The molecule has 1 aromatic carbocycles. The first kappa shape index (κ1) is 15.9. The summed E-state index contributed by atoms with van der Waals surface area (Å²) in [5.41, 5.74) is 2.07. The topological polar surface area (TPSA) is 70.0 Å². The molecule has 1 aromatic rings. The first-order valence-corrected chi connectivity index (χ1v) is 7.22. The normalized spacial score (nSPS) is 15.2. The molecule has 2 rings (SSSR count). The van der Waals surface area contributed by atoms with Crippen LogP contribution in [-0.4, -0.2) is 40.3 Å². The SMILES string of the molecule is CC(C)(C)OC(=O)N1CCCc2cc(B(O)O)ccc2C1. The average Bonchev–Trinajstić information content (AvgIpc) is 2.57. The molecule has 5 nitrogen and oxygen atoms in total. The number of ether oxygens (including phenoxy) is 1. The Labute approximate surface area is 125 Å². The van der Waals surface area contributed by atoms with E-state index in [-0.39, 0.29) is 6.09 Å². The van der Waals surface area contributed by atoms with Gasteiger partial charge in [-0.15, -0.1) is 0 Å². The maximum absolute atomic E-state index is 12.2. The zero-order chi connectivity index (χ0) is 15.6. The van der Waals surface area contributed by atoms with Crippen LogP contribution >= 0.6 is 0 Å². The largest absolute Gasteiger partial charge is 0.488 e. The van der Waals surface area contributed by atoms with Crippen LogP contribution in [0.2, 0.25) is 0 Å². The molecule has 0 aliphatic carbocycles. The van der Waals surface area contributed by atoms with E-state index in [1.165, 1.54) is 0 Å². The van der Waals surface area contributed by atoms with Crippen LogP contribution in [0.3, 0.4) is 0 Å². The smallest absolute Gasteiger partial charge is 0.444 e. The summed E-state index contributed by atoms with van der Waals surface area (Å²) in [6.07, 6.45) is 1.34. The van der Waals surface area contributed by atoms with Crippen molar-refractivity contribution in [3.63, 3.8) is 0 Å². The Morgan fingerprint density at radius 3 is 2.62 bits per heavy atom. The highest BCUT2D eigenvalue weighted by Gasteiger charge is 2.25. The second-order valence-corrected chi connectivity index (χ2v) is 6.41. The van der Waals surface area contributed by atoms with Gasteiger partial charge in [-0.3, -0.25) is 0 Å². The molecule has 1 aliphatic rings. The minimum absolute atomic E-state index is 0.304. The molecule has 1 aliphatic heterocycles. The number of rotatable bonds is 1. The van der Waals surface area contributed by atoms with Gasteiger partial charge in [-0.2, -0.15) is 0 Å². The number of nitrogens with zero attached hydrogens (tertiary/aromatic N) is 1. The Kier molecular flexibility index (Phi) is 4.59. The Morgan fingerprint density at radius 1 is 1.29 bits per heavy atom. The molecule has 1 heterocycles. The van der Waals surface area contributed by atoms with E-state index in [1.807, 2.05) is 26.8 Å². The Balaban J connectivity index is 2.16. The number of benzene rings is 1. The number of hydrogen-bond acceptors (Lipinski definition) is 4. The summed E-state index contributed by atoms with van der Waals surface area (Å²) in [5.74, 6) is 0. The molecule has 0 saturated heterocycles. The molecule has 0 spiro atoms. The van der Waals surface area contributed by atoms with Gasteiger partial charge in [0.05, 0.1) is 0 Å². The highest BCUT2D eigenvalue weighted by Crippen LogP contribution is 2.20. The van der Waals surface area contributed by atoms with E-state index in [0.29, 0.717) is 18.6 Å². The van der Waals surface area contributed by atoms with E-state index in [2.05, 4.69) is 0 Å². The van der Waals surface area contributed by atoms with Crippen molar-refractivity contribution < 1.29 is 19.6 Å². The Bertz CT molecular complexity index is 525. The number of carbonyl (C=O) groups excluding carboxylic acids is 1. The second kappa shape index (κ2) is 6.07. The number of hydrogen-bond donors (Lipinski definition) is 2. The number of carbonyl (C=O) groups is 1. The standard InChI is InChI=1S/C15H22BNO4/c1-15(2,3)21-14(18)17-8-4-5-11-9-13(16(19)20)7-6-12(11)10-17/h6-7,9,19-20H,4-5,8,10H2,1-3H3. The predicted molar refractivity (Wildman–Crippen MR) is 81.2 cm³/mol. The molecule has 1 amide bonds. The summed E-state index contributed by atoms with van der Waals surface area (Å²) < 4.78 is 5.42. The fraction of sp³-hybridized carbons (Fsp3) is 0.533. The van der Waals surface area contributed by atoms with E-state index in [9.17, 15) is 14.8 Å². The molecule has 0 radical (unpaired) electrons. The number of aryl methyl sites for hydroxylation is 1. The van der Waals surface area contributed by atoms with E-state index in [4.69, 9.17) is 4.74 Å². The fourth-order valence-corrected chi connectivity index (χ4v) is 2.42. The van der Waals surface area contributed by atoms with Gasteiger partial charge in [-0.1, -0.05) is 18.2 Å². The molecule has 0 saturated carbocycles. The lowest BCUT2D eigenvalue weighted by Gasteiger charge is -2.26. The summed E-state index contributed by atoms with van der Waals surface area (Å²) in [7, 11) is -1.46. The molecular formula is C15H22BNO4. The van der Waals surface area contributed by atoms with Crippen LogP contribution in [-0.2, 0) is 17.7 Å². The highest BCUT2D eigenvalue weighted by atomic mass is 16.6. The molecule has 0 unspecified atom stereocenters. The van der Waals surface area contributed by atoms with Crippen LogP contribution in [0.1, 0.15) is 38.3 Å². The van der Waals surface area contributed by atoms with Crippen LogP contribution in [0.25, 0.3) is 0 Å². The van der Waals surface area contributed by atoms with Gasteiger partial charge in [0.1, 0.15) is 5.60 Å². The zero-order valence-corrected chi connectivity index (χ0v) is 12.8. The number of fused-ring (bicyclic) bond motifs is 1. The van der Waals surface area contributed by atoms with Crippen LogP contribution in [0, 0.1) is 0 Å². The zero-order valence-electron chi connectivity index (χ0n) is 12.8. The molecule has 0 bridgehead atoms. The lowest BCUT2D eigenvalue weighted by Crippen LogP contribution is -2.36. The third kappa shape index (κ3) is 4.22. The van der Waals surface area contributed by atoms with Crippen molar-refractivity contribution in [3.8, 4) is 0 Å². The van der Waals surface area contributed by atoms with Gasteiger partial charge in [0.25, 0.3) is 0 Å². The van der Waals surface area contributed by atoms with Gasteiger partial charge >= 0.3 is 13.2 Å². The Morgan fingerprint density at radius 2 is 2.00 bits per heavy atom. The van der Waals surface area contributed by atoms with E-state index >= 15 is 0 Å². The molecule has 0 atom stereocenters. The van der Waals surface area contributed by atoms with Crippen molar-refractivity contribution in [1.82, 2.24) is 4.90 Å². The van der Waals surface area contributed by atoms with Crippen molar-refractivity contribution >= 4 is 18.7 Å². The van der Waals surface area contributed by atoms with E-state index in [0.717, 1.165) is 24.0 Å². The van der Waals surface area contributed by atoms with Crippen molar-refractivity contribution in [2.24, 2.45) is 0 Å². The first-order valence-electron chi connectivity index (χ1n) is 7.22. The minimum Gasteiger partial charge on any atom is -0.444 e. The quantitative estimate of drug-likeness (QED) is 0.759. The van der Waals surface area contributed by atoms with Gasteiger partial charge in [-0.05, 0) is 50.2 Å². The van der Waals surface area contributed by atoms with Gasteiger partial charge in [0.2, 0.25) is 0 Å². The van der Waals surface area contributed by atoms with Gasteiger partial charge in [-0.25, -0.2) is 4.79 Å². The van der Waals surface area contributed by atoms with Gasteiger partial charge in [0, 0.05) is 13.1 Å². The van der Waals surface area contributed by atoms with Crippen molar-refractivity contribution in [3.05, 3.63) is 29.3 Å². The van der Waals surface area contributed by atoms with E-state index in [1.54, 1.807) is 17.0 Å². The predicted octanol–water partition coefficient (Wildman–Crippen LogP) is 1.05. The lowest BCUT2D eigenvalue weighted by atomic mass is 9.78. The van der Waals surface area contributed by atoms with Crippen molar-refractivity contribution in [1.29, 1.82) is 0 Å². The molecule has 0 fully saturated rings. The fourth-order valence-electron chi connectivity index (χ4n) is 2.42. The van der Waals surface area contributed by atoms with Gasteiger partial charge in [0.15, 0.2) is 0 Å². The Hall–Kier alpha value is -1.53. The second-order valence-electron chi connectivity index (χ2n) is 6.41. The van der Waals surface area contributed by atoms with Crippen LogP contribution in [0.15, 0.2) is 18.2 Å². The summed E-state index contributed by atoms with van der Waals surface area (Å²) >= 11 is 0. The summed E-state index contributed by atoms with van der Waals surface area (Å²) in [6.45, 7) is 6.69. The monoisotopic (exact) mass is 291 g/mol. The van der Waals surface area contributed by atoms with Crippen LogP contribution in [0.4, 0.5) is 4.79 Å². The van der Waals surface area contributed by atoms with E-state index < -0.39 is 12.7 Å². The summed E-state index contributed by atoms with van der Waals surface area (Å²) in [4.78, 5) is 13.9. The molecule has 114 valence electrons. The lowest BCUT2D eigenvalue weighted by molar-refractivity contribution is 0.0237. The number of amides is 1. The van der Waals surface area contributed by atoms with Crippen molar-refractivity contribution in [2.45, 2.75) is 45.8 Å². The maximum Gasteiger partial charge on any atom is 0.488 e. The summed E-state index contributed by atoms with van der Waals surface area (Å²) in [6, 6.07) is 5.34. The molecule has 21 heavy (non-hydrogen) atoms. The van der Waals surface area contributed by atoms with Gasteiger partial charge < -0.3 is 19.7 Å². The first-order chi connectivity index (χ1) is 9.76. The molecule has 0 aromatic heterocycles. The third-order valence-corrected chi connectivity index (χ3v) is 3.42. The summed E-state index contributed by atoms with van der Waals surface area (Å²) in [5, 5.41) is 18.5. The average molecular weight is 291 g/mol. The maximum atomic E-state index is 12.2. The van der Waals surface area contributed by atoms with Crippen molar-refractivity contribution in [2.75, 3.05) is 6.54 Å². The van der Waals surface area contributed by atoms with Crippen LogP contribution < -0.4 is 5.46 Å². The van der Waals surface area contributed by atoms with Crippen LogP contribution in [0.5, 0.6) is 0 Å². The minimum atomic E-state index is -1.46. The molecular weight excluding hydrogens is 269 g/mol. The highest BCUT2D eigenvalue weighted by molar-refractivity contribution is 6.58. The molecule has 2 N–H and O–H groups in total. The molecule has 6 heteroatoms. The third-order valence-electron chi connectivity index (χ3n) is 3.42.